The standard InChI is InChI=1S/C15H21NO2/c1-11-6-7-15(18-2)12(9-11)10-14(17)13-5-3-4-8-16-13/h6-7,9,13,16H,3-5,8,10H2,1-2H3. The lowest BCUT2D eigenvalue weighted by molar-refractivity contribution is -0.120. The Hall–Kier alpha value is -1.35. The Morgan fingerprint density at radius 2 is 2.28 bits per heavy atom. The number of methoxy groups -OCH3 is 1. The van der Waals surface area contributed by atoms with Gasteiger partial charge in [0.05, 0.1) is 13.2 Å². The minimum atomic E-state index is 0.0315. The van der Waals surface area contributed by atoms with E-state index in [1.807, 2.05) is 25.1 Å². The predicted octanol–water partition coefficient (Wildman–Crippen LogP) is 2.26. The van der Waals surface area contributed by atoms with Crippen molar-refractivity contribution in [2.24, 2.45) is 0 Å². The first-order chi connectivity index (χ1) is 8.70. The molecule has 1 aromatic carbocycles. The van der Waals surface area contributed by atoms with Gasteiger partial charge in [0.25, 0.3) is 0 Å². The van der Waals surface area contributed by atoms with Crippen molar-refractivity contribution in [1.82, 2.24) is 5.32 Å². The molecule has 0 spiro atoms. The minimum absolute atomic E-state index is 0.0315. The number of ketones is 1. The quantitative estimate of drug-likeness (QED) is 0.887. The van der Waals surface area contributed by atoms with Gasteiger partial charge in [-0.2, -0.15) is 0 Å². The molecule has 0 amide bonds. The molecule has 1 unspecified atom stereocenters. The van der Waals surface area contributed by atoms with Crippen LogP contribution in [0.5, 0.6) is 5.75 Å². The minimum Gasteiger partial charge on any atom is -0.496 e. The molecule has 3 heteroatoms. The Morgan fingerprint density at radius 3 is 2.94 bits per heavy atom. The van der Waals surface area contributed by atoms with E-state index in [4.69, 9.17) is 4.74 Å². The number of nitrogens with one attached hydrogen (secondary N) is 1. The second-order valence-electron chi connectivity index (χ2n) is 4.96. The van der Waals surface area contributed by atoms with Gasteiger partial charge in [0.1, 0.15) is 5.75 Å². The van der Waals surface area contributed by atoms with Gasteiger partial charge >= 0.3 is 0 Å². The summed E-state index contributed by atoms with van der Waals surface area (Å²) in [6.45, 7) is 2.99. The zero-order valence-corrected chi connectivity index (χ0v) is 11.2. The molecule has 0 radical (unpaired) electrons. The third kappa shape index (κ3) is 3.10. The number of hydrogen-bond donors (Lipinski definition) is 1. The van der Waals surface area contributed by atoms with Gasteiger partial charge in [-0.1, -0.05) is 24.1 Å². The molecule has 1 N–H and O–H groups in total. The van der Waals surface area contributed by atoms with E-state index in [2.05, 4.69) is 5.32 Å². The van der Waals surface area contributed by atoms with Crippen LogP contribution in [0.1, 0.15) is 30.4 Å². The fourth-order valence-electron chi connectivity index (χ4n) is 2.48. The van der Waals surface area contributed by atoms with Gasteiger partial charge in [0, 0.05) is 12.0 Å². The van der Waals surface area contributed by atoms with Crippen molar-refractivity contribution in [3.8, 4) is 5.75 Å². The molecule has 98 valence electrons. The number of hydrogen-bond acceptors (Lipinski definition) is 3. The zero-order chi connectivity index (χ0) is 13.0. The van der Waals surface area contributed by atoms with Crippen LogP contribution < -0.4 is 10.1 Å². The van der Waals surface area contributed by atoms with Gasteiger partial charge < -0.3 is 10.1 Å². The van der Waals surface area contributed by atoms with Crippen LogP contribution in [-0.4, -0.2) is 25.5 Å². The third-order valence-electron chi connectivity index (χ3n) is 3.50. The molecule has 1 aromatic rings. The summed E-state index contributed by atoms with van der Waals surface area (Å²) in [5.41, 5.74) is 2.16. The average molecular weight is 247 g/mol. The van der Waals surface area contributed by atoms with Gasteiger partial charge in [-0.3, -0.25) is 4.79 Å². The molecule has 1 aliphatic heterocycles. The molecule has 1 fully saturated rings. The van der Waals surface area contributed by atoms with Gasteiger partial charge in [0.15, 0.2) is 5.78 Å². The van der Waals surface area contributed by atoms with E-state index in [9.17, 15) is 4.79 Å². The van der Waals surface area contributed by atoms with Crippen LogP contribution in [0.4, 0.5) is 0 Å². The Labute approximate surface area is 109 Å². The van der Waals surface area contributed by atoms with Crippen molar-refractivity contribution in [3.63, 3.8) is 0 Å². The van der Waals surface area contributed by atoms with Crippen LogP contribution in [0.15, 0.2) is 18.2 Å². The topological polar surface area (TPSA) is 38.3 Å². The molecular formula is C15H21NO2. The average Bonchev–Trinajstić information content (AvgIpc) is 2.40. The lowest BCUT2D eigenvalue weighted by atomic mass is 9.96. The number of carbonyl (C=O) groups excluding carboxylic acids is 1. The largest absolute Gasteiger partial charge is 0.496 e. The van der Waals surface area contributed by atoms with E-state index < -0.39 is 0 Å². The van der Waals surface area contributed by atoms with Crippen molar-refractivity contribution in [2.45, 2.75) is 38.6 Å². The molecule has 18 heavy (non-hydrogen) atoms. The summed E-state index contributed by atoms with van der Waals surface area (Å²) in [5, 5.41) is 3.30. The highest BCUT2D eigenvalue weighted by Crippen LogP contribution is 2.21. The molecule has 0 aliphatic carbocycles. The molecule has 0 aromatic heterocycles. The highest BCUT2D eigenvalue weighted by molar-refractivity contribution is 5.86. The first-order valence-corrected chi connectivity index (χ1v) is 6.60. The van der Waals surface area contributed by atoms with Crippen molar-refractivity contribution in [3.05, 3.63) is 29.3 Å². The summed E-state index contributed by atoms with van der Waals surface area (Å²) in [7, 11) is 1.65. The van der Waals surface area contributed by atoms with Crippen LogP contribution in [0.2, 0.25) is 0 Å². The summed E-state index contributed by atoms with van der Waals surface area (Å²) in [6.07, 6.45) is 3.75. The first-order valence-electron chi connectivity index (χ1n) is 6.60. The number of aryl methyl sites for hydroxylation is 1. The Kier molecular flexibility index (Phi) is 4.37. The normalized spacial score (nSPS) is 19.6. The van der Waals surface area contributed by atoms with E-state index in [1.54, 1.807) is 7.11 Å². The first kappa shape index (κ1) is 13.1. The van der Waals surface area contributed by atoms with Crippen LogP contribution in [-0.2, 0) is 11.2 Å². The van der Waals surface area contributed by atoms with Crippen LogP contribution in [0.3, 0.4) is 0 Å². The fourth-order valence-corrected chi connectivity index (χ4v) is 2.48. The maximum absolute atomic E-state index is 12.2. The smallest absolute Gasteiger partial charge is 0.154 e. The highest BCUT2D eigenvalue weighted by Gasteiger charge is 2.21. The number of ether oxygens (including phenoxy) is 1. The van der Waals surface area contributed by atoms with Crippen LogP contribution in [0.25, 0.3) is 0 Å². The molecule has 1 saturated heterocycles. The zero-order valence-electron chi connectivity index (χ0n) is 11.2. The second kappa shape index (κ2) is 6.01. The summed E-state index contributed by atoms with van der Waals surface area (Å²) in [6, 6.07) is 6.02. The number of piperidine rings is 1. The summed E-state index contributed by atoms with van der Waals surface area (Å²) >= 11 is 0. The van der Waals surface area contributed by atoms with Gasteiger partial charge in [0.2, 0.25) is 0 Å². The molecular weight excluding hydrogens is 226 g/mol. The van der Waals surface area contributed by atoms with Gasteiger partial charge in [-0.05, 0) is 32.4 Å². The van der Waals surface area contributed by atoms with Crippen LogP contribution >= 0.6 is 0 Å². The number of Topliss-reactive ketones (excluding diaryl/α,β-unsaturated/α-hetero) is 1. The molecule has 0 bridgehead atoms. The number of carbonyl (C=O) groups is 1. The van der Waals surface area contributed by atoms with E-state index in [1.165, 1.54) is 6.42 Å². The van der Waals surface area contributed by atoms with E-state index >= 15 is 0 Å². The molecule has 1 aliphatic rings. The molecule has 2 rings (SSSR count). The highest BCUT2D eigenvalue weighted by atomic mass is 16.5. The fraction of sp³-hybridized carbons (Fsp3) is 0.533. The van der Waals surface area contributed by atoms with Crippen LogP contribution in [0, 0.1) is 6.92 Å². The SMILES string of the molecule is COc1ccc(C)cc1CC(=O)C1CCCCN1. The summed E-state index contributed by atoms with van der Waals surface area (Å²) < 4.78 is 5.32. The second-order valence-corrected chi connectivity index (χ2v) is 4.96. The Morgan fingerprint density at radius 1 is 1.44 bits per heavy atom. The summed E-state index contributed by atoms with van der Waals surface area (Å²) in [4.78, 5) is 12.2. The molecule has 1 atom stereocenters. The van der Waals surface area contributed by atoms with Gasteiger partial charge in [-0.15, -0.1) is 0 Å². The predicted molar refractivity (Wildman–Crippen MR) is 72.1 cm³/mol. The monoisotopic (exact) mass is 247 g/mol. The van der Waals surface area contributed by atoms with E-state index in [0.29, 0.717) is 6.42 Å². The Bertz CT molecular complexity index is 423. The summed E-state index contributed by atoms with van der Waals surface area (Å²) in [5.74, 6) is 1.09. The van der Waals surface area contributed by atoms with Gasteiger partial charge in [-0.25, -0.2) is 0 Å². The van der Waals surface area contributed by atoms with E-state index in [-0.39, 0.29) is 11.8 Å². The lowest BCUT2D eigenvalue weighted by Crippen LogP contribution is -2.41. The maximum atomic E-state index is 12.2. The Balaban J connectivity index is 2.07. The van der Waals surface area contributed by atoms with Crippen molar-refractivity contribution in [1.29, 1.82) is 0 Å². The molecule has 3 nitrogen and oxygen atoms in total. The van der Waals surface area contributed by atoms with Crippen molar-refractivity contribution >= 4 is 5.78 Å². The number of benzene rings is 1. The van der Waals surface area contributed by atoms with E-state index in [0.717, 1.165) is 36.3 Å². The molecule has 0 saturated carbocycles. The maximum Gasteiger partial charge on any atom is 0.154 e. The molecule has 1 heterocycles. The lowest BCUT2D eigenvalue weighted by Gasteiger charge is -2.22. The number of rotatable bonds is 4. The van der Waals surface area contributed by atoms with Crippen molar-refractivity contribution < 1.29 is 9.53 Å². The van der Waals surface area contributed by atoms with Crippen molar-refractivity contribution in [2.75, 3.05) is 13.7 Å². The third-order valence-corrected chi connectivity index (χ3v) is 3.50.